The van der Waals surface area contributed by atoms with E-state index >= 15 is 0 Å². The lowest BCUT2D eigenvalue weighted by Crippen LogP contribution is -2.57. The number of carbonyl (C=O) groups is 4. The van der Waals surface area contributed by atoms with E-state index in [1.54, 1.807) is 68.1 Å². The van der Waals surface area contributed by atoms with E-state index in [1.807, 2.05) is 52.0 Å². The number of nitrogens with one attached hydrogen (secondary N) is 1. The molecule has 0 saturated carbocycles. The average Bonchev–Trinajstić information content (AvgIpc) is 3.57. The molecule has 4 amide bonds. The van der Waals surface area contributed by atoms with Crippen LogP contribution in [-0.4, -0.2) is 106 Å². The molecule has 1 aromatic heterocycles. The van der Waals surface area contributed by atoms with Crippen molar-refractivity contribution < 1.29 is 28.7 Å². The maximum Gasteiger partial charge on any atom is 0.255 e. The first-order valence-corrected chi connectivity index (χ1v) is 17.7. The van der Waals surface area contributed by atoms with Gasteiger partial charge >= 0.3 is 0 Å². The van der Waals surface area contributed by atoms with E-state index in [-0.39, 0.29) is 35.8 Å². The molecule has 0 saturated heterocycles. The lowest BCUT2D eigenvalue weighted by molar-refractivity contribution is -0.150. The van der Waals surface area contributed by atoms with Crippen LogP contribution in [0.4, 0.5) is 0 Å². The minimum atomic E-state index is -0.908. The molecular formula is C38H53N7O6. The van der Waals surface area contributed by atoms with Gasteiger partial charge in [-0.15, -0.1) is 5.10 Å². The first-order chi connectivity index (χ1) is 24.2. The van der Waals surface area contributed by atoms with Gasteiger partial charge in [0.1, 0.15) is 48.5 Å². The van der Waals surface area contributed by atoms with E-state index in [9.17, 15) is 19.2 Å². The van der Waals surface area contributed by atoms with Gasteiger partial charge in [0.2, 0.25) is 17.7 Å². The number of benzene rings is 2. The molecule has 0 aliphatic carbocycles. The molecule has 2 aromatic carbocycles. The molecule has 0 spiro atoms. The summed E-state index contributed by atoms with van der Waals surface area (Å²) in [6.45, 7) is 11.0. The van der Waals surface area contributed by atoms with Crippen molar-refractivity contribution in [2.75, 3.05) is 34.3 Å². The number of rotatable bonds is 4. The highest BCUT2D eigenvalue weighted by Gasteiger charge is 2.36. The molecule has 13 heteroatoms. The molecule has 0 unspecified atom stereocenters. The second kappa shape index (κ2) is 17.8. The van der Waals surface area contributed by atoms with Crippen LogP contribution in [0.1, 0.15) is 69.1 Å². The van der Waals surface area contributed by atoms with E-state index in [4.69, 9.17) is 9.47 Å². The van der Waals surface area contributed by atoms with Gasteiger partial charge < -0.3 is 29.5 Å². The standard InChI is InChI=1S/C38H53N7O6/c1-25(2)21-32-37(48)43(7)27(5)36(47)44(8)33(22-26(3)4)38(49)42(6)18-17-28-13-15-30(16-14-28)50-20-19-45-23-29(40-41-45)24-51-34-12-10-9-11-31(34)35(46)39-32/h9-16,23,25-27,32-33H,17-22,24H2,1-8H3,(H,39,46)/t27-,32-,33+/m1/s1. The van der Waals surface area contributed by atoms with Crippen LogP contribution in [0.5, 0.6) is 11.5 Å². The number of amides is 4. The zero-order chi connectivity index (χ0) is 37.2. The van der Waals surface area contributed by atoms with Gasteiger partial charge in [0.15, 0.2) is 0 Å². The zero-order valence-electron chi connectivity index (χ0n) is 31.2. The fraction of sp³-hybridized carbons (Fsp3) is 0.526. The summed E-state index contributed by atoms with van der Waals surface area (Å²) in [5.41, 5.74) is 1.88. The molecule has 51 heavy (non-hydrogen) atoms. The number of fused-ring (bicyclic) bond motifs is 17. The summed E-state index contributed by atoms with van der Waals surface area (Å²) in [6.07, 6.45) is 3.20. The highest BCUT2D eigenvalue weighted by Crippen LogP contribution is 2.22. The highest BCUT2D eigenvalue weighted by molar-refractivity contribution is 6.00. The van der Waals surface area contributed by atoms with Crippen molar-refractivity contribution in [3.63, 3.8) is 0 Å². The Kier molecular flexibility index (Phi) is 13.6. The molecule has 3 heterocycles. The summed E-state index contributed by atoms with van der Waals surface area (Å²) >= 11 is 0. The second-order valence-corrected chi connectivity index (χ2v) is 14.1. The van der Waals surface area contributed by atoms with Crippen LogP contribution in [0.3, 0.4) is 0 Å². The summed E-state index contributed by atoms with van der Waals surface area (Å²) in [7, 11) is 4.93. The number of hydrogen-bond donors (Lipinski definition) is 1. The van der Waals surface area contributed by atoms with Crippen LogP contribution >= 0.6 is 0 Å². The van der Waals surface area contributed by atoms with Gasteiger partial charge in [0.25, 0.3) is 5.91 Å². The van der Waals surface area contributed by atoms with Crippen LogP contribution in [0.25, 0.3) is 0 Å². The Balaban J connectivity index is 1.63. The van der Waals surface area contributed by atoms with E-state index in [1.165, 1.54) is 9.80 Å². The predicted octanol–water partition coefficient (Wildman–Crippen LogP) is 3.82. The van der Waals surface area contributed by atoms with Crippen molar-refractivity contribution in [1.29, 1.82) is 0 Å². The van der Waals surface area contributed by atoms with Gasteiger partial charge in [-0.3, -0.25) is 19.2 Å². The number of para-hydroxylation sites is 1. The molecule has 2 aliphatic heterocycles. The molecule has 3 aromatic rings. The van der Waals surface area contributed by atoms with Crippen LogP contribution in [0, 0.1) is 11.8 Å². The maximum atomic E-state index is 14.0. The van der Waals surface area contributed by atoms with Gasteiger partial charge in [-0.25, -0.2) is 4.68 Å². The summed E-state index contributed by atoms with van der Waals surface area (Å²) < 4.78 is 13.6. The summed E-state index contributed by atoms with van der Waals surface area (Å²) in [5.74, 6) is -0.177. The molecular weight excluding hydrogens is 650 g/mol. The maximum absolute atomic E-state index is 14.0. The fourth-order valence-electron chi connectivity index (χ4n) is 5.97. The molecule has 5 rings (SSSR count). The second-order valence-electron chi connectivity index (χ2n) is 14.1. The highest BCUT2D eigenvalue weighted by atomic mass is 16.5. The van der Waals surface area contributed by atoms with Crippen LogP contribution in [-0.2, 0) is 34.0 Å². The number of likely N-dealkylation sites (N-methyl/N-ethyl adjacent to an activating group) is 3. The lowest BCUT2D eigenvalue weighted by Gasteiger charge is -2.36. The first kappa shape index (κ1) is 38.9. The first-order valence-electron chi connectivity index (χ1n) is 17.7. The van der Waals surface area contributed by atoms with Gasteiger partial charge in [0, 0.05) is 27.7 Å². The summed E-state index contributed by atoms with van der Waals surface area (Å²) in [4.78, 5) is 60.0. The molecule has 276 valence electrons. The molecule has 13 nitrogen and oxygen atoms in total. The third-order valence-electron chi connectivity index (χ3n) is 9.11. The van der Waals surface area contributed by atoms with Crippen LogP contribution < -0.4 is 14.8 Å². The monoisotopic (exact) mass is 703 g/mol. The third-order valence-corrected chi connectivity index (χ3v) is 9.11. The summed E-state index contributed by atoms with van der Waals surface area (Å²) in [5, 5.41) is 11.3. The number of ether oxygens (including phenoxy) is 2. The van der Waals surface area contributed by atoms with Crippen molar-refractivity contribution in [1.82, 2.24) is 35.0 Å². The zero-order valence-corrected chi connectivity index (χ0v) is 31.2. The number of aromatic nitrogens is 3. The molecule has 1 N–H and O–H groups in total. The Morgan fingerprint density at radius 3 is 2.20 bits per heavy atom. The molecule has 0 radical (unpaired) electrons. The normalized spacial score (nSPS) is 20.6. The topological polar surface area (TPSA) is 139 Å². The van der Waals surface area contributed by atoms with E-state index in [0.717, 1.165) is 5.56 Å². The largest absolute Gasteiger partial charge is 0.492 e. The molecule has 0 fully saturated rings. The Bertz CT molecular complexity index is 1640. The third kappa shape index (κ3) is 10.5. The Hall–Kier alpha value is -4.94. The summed E-state index contributed by atoms with van der Waals surface area (Å²) in [6, 6.07) is 12.0. The van der Waals surface area contributed by atoms with E-state index in [0.29, 0.717) is 56.2 Å². The van der Waals surface area contributed by atoms with Gasteiger partial charge in [-0.2, -0.15) is 0 Å². The van der Waals surface area contributed by atoms with E-state index in [2.05, 4.69) is 15.6 Å². The molecule has 2 aliphatic rings. The minimum Gasteiger partial charge on any atom is -0.492 e. The number of carbonyl (C=O) groups excluding carboxylic acids is 4. The van der Waals surface area contributed by atoms with Crippen LogP contribution in [0.2, 0.25) is 0 Å². The average molecular weight is 704 g/mol. The quantitative estimate of drug-likeness (QED) is 0.405. The Morgan fingerprint density at radius 2 is 1.51 bits per heavy atom. The Labute approximate surface area is 301 Å². The van der Waals surface area contributed by atoms with Crippen molar-refractivity contribution in [3.8, 4) is 11.5 Å². The van der Waals surface area contributed by atoms with Crippen molar-refractivity contribution in [2.24, 2.45) is 11.8 Å². The van der Waals surface area contributed by atoms with Crippen molar-refractivity contribution in [3.05, 3.63) is 71.5 Å². The number of nitrogens with zero attached hydrogens (tertiary/aromatic N) is 6. The lowest BCUT2D eigenvalue weighted by atomic mass is 9.99. The van der Waals surface area contributed by atoms with Crippen molar-refractivity contribution in [2.45, 2.75) is 85.2 Å². The van der Waals surface area contributed by atoms with Crippen molar-refractivity contribution >= 4 is 23.6 Å². The minimum absolute atomic E-state index is 0.0620. The fourth-order valence-corrected chi connectivity index (χ4v) is 5.97. The smallest absolute Gasteiger partial charge is 0.255 e. The Morgan fingerprint density at radius 1 is 0.824 bits per heavy atom. The van der Waals surface area contributed by atoms with Gasteiger partial charge in [-0.1, -0.05) is 57.2 Å². The van der Waals surface area contributed by atoms with Gasteiger partial charge in [0.05, 0.1) is 18.3 Å². The SMILES string of the molecule is CC(C)C[C@H]1NC(=O)c2ccccc2OCc2cn(nn2)CCOc2ccc(cc2)CCN(C)C(=O)[C@H](CC(C)C)N(C)C(=O)[C@@H](C)N(C)C1=O. The predicted molar refractivity (Wildman–Crippen MR) is 193 cm³/mol. The van der Waals surface area contributed by atoms with Gasteiger partial charge in [-0.05, 0) is 67.9 Å². The number of hydrogen-bond acceptors (Lipinski definition) is 8. The van der Waals surface area contributed by atoms with E-state index < -0.39 is 29.9 Å². The molecule has 4 bridgehead atoms. The van der Waals surface area contributed by atoms with Crippen LogP contribution in [0.15, 0.2) is 54.7 Å². The molecule has 3 atom stereocenters.